The summed E-state index contributed by atoms with van der Waals surface area (Å²) in [5.41, 5.74) is 1.89. The van der Waals surface area contributed by atoms with Gasteiger partial charge in [-0.2, -0.15) is 0 Å². The van der Waals surface area contributed by atoms with E-state index in [-0.39, 0.29) is 29.6 Å². The van der Waals surface area contributed by atoms with Crippen molar-refractivity contribution in [3.8, 4) is 0 Å². The summed E-state index contributed by atoms with van der Waals surface area (Å²) in [5, 5.41) is 7.08. The molecule has 0 saturated carbocycles. The van der Waals surface area contributed by atoms with Gasteiger partial charge in [0.05, 0.1) is 12.2 Å². The smallest absolute Gasteiger partial charge is 0.341 e. The first-order valence-corrected chi connectivity index (χ1v) is 10.6. The average molecular weight is 413 g/mol. The van der Waals surface area contributed by atoms with E-state index in [4.69, 9.17) is 4.74 Å². The first kappa shape index (κ1) is 21.3. The summed E-state index contributed by atoms with van der Waals surface area (Å²) in [4.78, 5) is 26.4. The molecule has 1 aromatic heterocycles. The summed E-state index contributed by atoms with van der Waals surface area (Å²) in [6.07, 6.45) is 3.92. The minimum atomic E-state index is -0.388. The Morgan fingerprint density at radius 2 is 1.90 bits per heavy atom. The highest BCUT2D eigenvalue weighted by Gasteiger charge is 2.42. The van der Waals surface area contributed by atoms with Gasteiger partial charge >= 0.3 is 5.97 Å². The highest BCUT2D eigenvalue weighted by Crippen LogP contribution is 2.45. The van der Waals surface area contributed by atoms with Crippen LogP contribution in [-0.4, -0.2) is 24.0 Å². The lowest BCUT2D eigenvalue weighted by atomic mass is 9.81. The van der Waals surface area contributed by atoms with Crippen LogP contribution in [0.15, 0.2) is 36.4 Å². The maximum atomic E-state index is 12.8. The molecule has 3 rings (SSSR count). The molecule has 1 aromatic carbocycles. The summed E-state index contributed by atoms with van der Waals surface area (Å²) in [6.45, 7) is 10.5. The molecule has 0 saturated heterocycles. The summed E-state index contributed by atoms with van der Waals surface area (Å²) >= 11 is 1.44. The van der Waals surface area contributed by atoms with E-state index in [2.05, 4.69) is 38.3 Å². The number of thiophene rings is 1. The molecular weight excluding hydrogens is 384 g/mol. The molecule has 0 aliphatic carbocycles. The Kier molecular flexibility index (Phi) is 5.96. The molecule has 2 heterocycles. The van der Waals surface area contributed by atoms with Crippen LogP contribution in [0.1, 0.15) is 61.0 Å². The first-order valence-electron chi connectivity index (χ1n) is 9.79. The standard InChI is InChI=1S/C23H28N2O3S/c1-6-28-21(27)18-16-14-22(2,3)25-23(4,5)19(16)29-20(18)24-17(26)13-12-15-10-8-7-9-11-15/h7-13,25H,6,14H2,1-5H3,(H,24,26). The van der Waals surface area contributed by atoms with Gasteiger partial charge in [0.25, 0.3) is 0 Å². The lowest BCUT2D eigenvalue weighted by molar-refractivity contribution is -0.111. The van der Waals surface area contributed by atoms with Crippen molar-refractivity contribution in [2.24, 2.45) is 0 Å². The van der Waals surface area contributed by atoms with Crippen molar-refractivity contribution in [2.45, 2.75) is 52.1 Å². The molecule has 154 valence electrons. The molecule has 0 radical (unpaired) electrons. The maximum absolute atomic E-state index is 12.8. The van der Waals surface area contributed by atoms with Gasteiger partial charge in [-0.25, -0.2) is 4.79 Å². The number of amides is 1. The first-order chi connectivity index (χ1) is 13.6. The fourth-order valence-electron chi connectivity index (χ4n) is 3.92. The largest absolute Gasteiger partial charge is 0.462 e. The zero-order chi connectivity index (χ0) is 21.2. The highest BCUT2D eigenvalue weighted by molar-refractivity contribution is 7.17. The van der Waals surface area contributed by atoms with Crippen LogP contribution >= 0.6 is 11.3 Å². The van der Waals surface area contributed by atoms with Crippen LogP contribution in [0.4, 0.5) is 5.00 Å². The van der Waals surface area contributed by atoms with Crippen molar-refractivity contribution in [3.63, 3.8) is 0 Å². The molecule has 6 heteroatoms. The predicted molar refractivity (Wildman–Crippen MR) is 118 cm³/mol. The number of anilines is 1. The SMILES string of the molecule is CCOC(=O)c1c(NC(=O)C=Cc2ccccc2)sc2c1CC(C)(C)NC2(C)C. The summed E-state index contributed by atoms with van der Waals surface area (Å²) in [7, 11) is 0. The monoisotopic (exact) mass is 412 g/mol. The molecule has 0 spiro atoms. The van der Waals surface area contributed by atoms with Gasteiger partial charge in [-0.1, -0.05) is 30.3 Å². The number of hydrogen-bond acceptors (Lipinski definition) is 5. The van der Waals surface area contributed by atoms with Crippen LogP contribution in [0.2, 0.25) is 0 Å². The number of ether oxygens (including phenoxy) is 1. The van der Waals surface area contributed by atoms with Crippen molar-refractivity contribution in [2.75, 3.05) is 11.9 Å². The topological polar surface area (TPSA) is 67.4 Å². The molecule has 1 aliphatic heterocycles. The molecule has 0 unspecified atom stereocenters. The third kappa shape index (κ3) is 4.77. The number of esters is 1. The molecule has 1 amide bonds. The van der Waals surface area contributed by atoms with Crippen molar-refractivity contribution in [1.29, 1.82) is 0 Å². The van der Waals surface area contributed by atoms with Crippen LogP contribution < -0.4 is 10.6 Å². The molecule has 29 heavy (non-hydrogen) atoms. The minimum Gasteiger partial charge on any atom is -0.462 e. The van der Waals surface area contributed by atoms with E-state index in [1.54, 1.807) is 13.0 Å². The normalized spacial score (nSPS) is 17.0. The van der Waals surface area contributed by atoms with Crippen LogP contribution in [0.5, 0.6) is 0 Å². The predicted octanol–water partition coefficient (Wildman–Crippen LogP) is 4.74. The van der Waals surface area contributed by atoms with E-state index in [9.17, 15) is 9.59 Å². The van der Waals surface area contributed by atoms with E-state index in [0.29, 0.717) is 17.0 Å². The Morgan fingerprint density at radius 1 is 1.21 bits per heavy atom. The summed E-state index contributed by atoms with van der Waals surface area (Å²) in [6, 6.07) is 9.61. The van der Waals surface area contributed by atoms with Gasteiger partial charge in [-0.3, -0.25) is 4.79 Å². The van der Waals surface area contributed by atoms with Crippen LogP contribution in [-0.2, 0) is 21.5 Å². The molecule has 2 N–H and O–H groups in total. The van der Waals surface area contributed by atoms with E-state index in [1.165, 1.54) is 17.4 Å². The summed E-state index contributed by atoms with van der Waals surface area (Å²) < 4.78 is 5.32. The second kappa shape index (κ2) is 8.13. The van der Waals surface area contributed by atoms with E-state index in [1.807, 2.05) is 30.3 Å². The zero-order valence-corrected chi connectivity index (χ0v) is 18.4. The van der Waals surface area contributed by atoms with Crippen molar-refractivity contribution < 1.29 is 14.3 Å². The Bertz CT molecular complexity index is 943. The van der Waals surface area contributed by atoms with E-state index < -0.39 is 0 Å². The molecule has 2 aromatic rings. The van der Waals surface area contributed by atoms with Crippen LogP contribution in [0.3, 0.4) is 0 Å². The quantitative estimate of drug-likeness (QED) is 0.550. The van der Waals surface area contributed by atoms with Crippen LogP contribution in [0.25, 0.3) is 6.08 Å². The molecule has 1 aliphatic rings. The van der Waals surface area contributed by atoms with Crippen molar-refractivity contribution in [1.82, 2.24) is 5.32 Å². The number of carbonyl (C=O) groups excluding carboxylic acids is 2. The maximum Gasteiger partial charge on any atom is 0.341 e. The van der Waals surface area contributed by atoms with E-state index >= 15 is 0 Å². The second-order valence-electron chi connectivity index (χ2n) is 8.38. The number of nitrogens with one attached hydrogen (secondary N) is 2. The second-order valence-corrected chi connectivity index (χ2v) is 9.40. The Labute approximate surface area is 176 Å². The molecule has 5 nitrogen and oxygen atoms in total. The fraction of sp³-hybridized carbons (Fsp3) is 0.391. The average Bonchev–Trinajstić information content (AvgIpc) is 2.98. The number of rotatable bonds is 5. The lowest BCUT2D eigenvalue weighted by Crippen LogP contribution is -2.55. The number of carbonyl (C=O) groups is 2. The Hall–Kier alpha value is -2.44. The number of fused-ring (bicyclic) bond motifs is 1. The molecule has 0 bridgehead atoms. The Balaban J connectivity index is 1.96. The molecule has 0 atom stereocenters. The van der Waals surface area contributed by atoms with Gasteiger partial charge in [0.1, 0.15) is 5.00 Å². The van der Waals surface area contributed by atoms with Crippen molar-refractivity contribution >= 4 is 34.3 Å². The van der Waals surface area contributed by atoms with E-state index in [0.717, 1.165) is 16.0 Å². The fourth-order valence-corrected chi connectivity index (χ4v) is 5.19. The third-order valence-electron chi connectivity index (χ3n) is 4.79. The van der Waals surface area contributed by atoms with Gasteiger partial charge in [0.2, 0.25) is 5.91 Å². The summed E-state index contributed by atoms with van der Waals surface area (Å²) in [5.74, 6) is -0.663. The highest BCUT2D eigenvalue weighted by atomic mass is 32.1. The zero-order valence-electron chi connectivity index (χ0n) is 17.6. The number of hydrogen-bond donors (Lipinski definition) is 2. The van der Waals surface area contributed by atoms with Gasteiger partial charge in [0.15, 0.2) is 0 Å². The Morgan fingerprint density at radius 3 is 2.55 bits per heavy atom. The van der Waals surface area contributed by atoms with Gasteiger partial charge in [0, 0.05) is 22.0 Å². The number of benzene rings is 1. The van der Waals surface area contributed by atoms with Crippen LogP contribution in [0, 0.1) is 0 Å². The van der Waals surface area contributed by atoms with Crippen molar-refractivity contribution in [3.05, 3.63) is 58.0 Å². The molecule has 0 fully saturated rings. The van der Waals surface area contributed by atoms with Gasteiger partial charge in [-0.05, 0) is 58.2 Å². The van der Waals surface area contributed by atoms with Gasteiger partial charge < -0.3 is 15.4 Å². The lowest BCUT2D eigenvalue weighted by Gasteiger charge is -2.42. The minimum absolute atomic E-state index is 0.173. The molecular formula is C23H28N2O3S. The third-order valence-corrected chi connectivity index (χ3v) is 6.26. The van der Waals surface area contributed by atoms with Gasteiger partial charge in [-0.15, -0.1) is 11.3 Å².